The van der Waals surface area contributed by atoms with Crippen LogP contribution in [0.4, 0.5) is 0 Å². The molecule has 0 aliphatic rings. The number of nitrogens with zero attached hydrogens (tertiary/aromatic N) is 4. The summed E-state index contributed by atoms with van der Waals surface area (Å²) in [5, 5.41) is 7.00. The molecule has 0 atom stereocenters. The fourth-order valence-electron chi connectivity index (χ4n) is 1.03. The molecule has 0 saturated carbocycles. The number of esters is 1. The van der Waals surface area contributed by atoms with Gasteiger partial charge in [-0.25, -0.2) is 9.78 Å². The zero-order valence-electron chi connectivity index (χ0n) is 10.7. The average Bonchev–Trinajstić information content (AvgIpc) is 2.42. The van der Waals surface area contributed by atoms with Crippen LogP contribution >= 0.6 is 0 Å². The van der Waals surface area contributed by atoms with Crippen molar-refractivity contribution in [2.45, 2.75) is 6.92 Å². The fourth-order valence-corrected chi connectivity index (χ4v) is 1.03. The van der Waals surface area contributed by atoms with E-state index >= 15 is 0 Å². The van der Waals surface area contributed by atoms with Gasteiger partial charge in [-0.1, -0.05) is 5.16 Å². The number of hydrogen-bond donors (Lipinski definition) is 0. The number of oxime groups is 1. The van der Waals surface area contributed by atoms with Gasteiger partial charge in [0.05, 0.1) is 12.7 Å². The number of ether oxygens (including phenoxy) is 1. The van der Waals surface area contributed by atoms with Crippen molar-refractivity contribution < 1.29 is 51.9 Å². The third-order valence-electron chi connectivity index (χ3n) is 1.72. The molecule has 1 rings (SSSR count). The van der Waals surface area contributed by atoms with E-state index in [1.807, 2.05) is 0 Å². The first-order valence-corrected chi connectivity index (χ1v) is 4.78. The standard InChI is InChI=1S/C10H11N4O4.Y/c1-4-13-18-9-7(5-11-6-12-9)8(14-17-3)10(15)16-2;/h5-6H,1-3H3;/q-1;/b14-8+;. The van der Waals surface area contributed by atoms with E-state index in [-0.39, 0.29) is 49.9 Å². The third-order valence-corrected chi connectivity index (χ3v) is 1.72. The van der Waals surface area contributed by atoms with Gasteiger partial charge in [0, 0.05) is 38.9 Å². The minimum Gasteiger partial charge on any atom is -0.464 e. The molecule has 0 saturated heterocycles. The Morgan fingerprint density at radius 3 is 2.74 bits per heavy atom. The summed E-state index contributed by atoms with van der Waals surface area (Å²) in [6.07, 6.45) is 4.99. The fraction of sp³-hybridized carbons (Fsp3) is 0.300. The molecule has 99 valence electrons. The van der Waals surface area contributed by atoms with Gasteiger partial charge in [-0.15, -0.1) is 0 Å². The molecule has 9 heteroatoms. The van der Waals surface area contributed by atoms with E-state index < -0.39 is 5.97 Å². The van der Waals surface area contributed by atoms with E-state index in [2.05, 4.69) is 36.1 Å². The Balaban J connectivity index is 0.00000324. The molecule has 0 bridgehead atoms. The van der Waals surface area contributed by atoms with E-state index in [0.29, 0.717) is 0 Å². The first kappa shape index (κ1) is 17.6. The Morgan fingerprint density at radius 2 is 2.16 bits per heavy atom. The molecule has 0 spiro atoms. The largest absolute Gasteiger partial charge is 0.464 e. The smallest absolute Gasteiger partial charge is 0.361 e. The molecule has 1 aromatic heterocycles. The van der Waals surface area contributed by atoms with Crippen molar-refractivity contribution in [1.82, 2.24) is 9.97 Å². The SMILES string of the molecule is C[C-]=NOc1ncncc1/C(=N\OC)C(=O)OC.[Y]. The molecule has 0 fully saturated rings. The van der Waals surface area contributed by atoms with Crippen LogP contribution in [0.3, 0.4) is 0 Å². The van der Waals surface area contributed by atoms with E-state index in [4.69, 9.17) is 4.84 Å². The molecule has 1 radical (unpaired) electrons. The Kier molecular flexibility index (Phi) is 8.81. The quantitative estimate of drug-likeness (QED) is 0.330. The molecule has 0 aliphatic carbocycles. The number of rotatable bonds is 5. The van der Waals surface area contributed by atoms with E-state index in [1.54, 1.807) is 6.92 Å². The van der Waals surface area contributed by atoms with Gasteiger partial charge in [-0.3, -0.25) is 0 Å². The molecule has 0 aromatic carbocycles. The van der Waals surface area contributed by atoms with Crippen LogP contribution in [0.2, 0.25) is 0 Å². The minimum atomic E-state index is -0.707. The molecule has 0 amide bonds. The summed E-state index contributed by atoms with van der Waals surface area (Å²) in [6.45, 7) is 1.55. The zero-order valence-corrected chi connectivity index (χ0v) is 13.5. The van der Waals surface area contributed by atoms with Gasteiger partial charge < -0.3 is 25.8 Å². The predicted octanol–water partition coefficient (Wildman–Crippen LogP) is 0.259. The van der Waals surface area contributed by atoms with Crippen molar-refractivity contribution in [2.24, 2.45) is 10.3 Å². The van der Waals surface area contributed by atoms with Gasteiger partial charge in [-0.05, 0) is 0 Å². The first-order chi connectivity index (χ1) is 8.74. The number of methoxy groups -OCH3 is 1. The monoisotopic (exact) mass is 340 g/mol. The van der Waals surface area contributed by atoms with Gasteiger partial charge in [0.15, 0.2) is 0 Å². The Morgan fingerprint density at radius 1 is 1.42 bits per heavy atom. The minimum absolute atomic E-state index is 0. The summed E-state index contributed by atoms with van der Waals surface area (Å²) in [7, 11) is 2.51. The summed E-state index contributed by atoms with van der Waals surface area (Å²) in [5.41, 5.74) is 0.0760. The molecule has 0 aliphatic heterocycles. The van der Waals surface area contributed by atoms with Crippen LogP contribution in [0.15, 0.2) is 22.8 Å². The van der Waals surface area contributed by atoms with Crippen LogP contribution in [-0.4, -0.2) is 42.1 Å². The number of hydrogen-bond acceptors (Lipinski definition) is 8. The van der Waals surface area contributed by atoms with Crippen LogP contribution in [0.25, 0.3) is 0 Å². The second-order valence-corrected chi connectivity index (χ2v) is 2.76. The molecule has 19 heavy (non-hydrogen) atoms. The zero-order chi connectivity index (χ0) is 13.4. The van der Waals surface area contributed by atoms with Crippen molar-refractivity contribution in [3.8, 4) is 5.88 Å². The normalized spacial score (nSPS) is 10.8. The van der Waals surface area contributed by atoms with Gasteiger partial charge in [0.25, 0.3) is 5.88 Å². The summed E-state index contributed by atoms with van der Waals surface area (Å²) in [6, 6.07) is 0. The average molecular weight is 340 g/mol. The molecule has 8 nitrogen and oxygen atoms in total. The van der Waals surface area contributed by atoms with Gasteiger partial charge in [-0.2, -0.15) is 11.9 Å². The van der Waals surface area contributed by atoms with E-state index in [9.17, 15) is 4.79 Å². The number of carbonyl (C=O) groups excluding carboxylic acids is 1. The first-order valence-electron chi connectivity index (χ1n) is 4.78. The second kappa shape index (κ2) is 9.51. The van der Waals surface area contributed by atoms with Crippen molar-refractivity contribution >= 4 is 17.9 Å². The van der Waals surface area contributed by atoms with Crippen LogP contribution in [0, 0.1) is 0 Å². The van der Waals surface area contributed by atoms with Crippen molar-refractivity contribution in [1.29, 1.82) is 0 Å². The van der Waals surface area contributed by atoms with Crippen molar-refractivity contribution in [2.75, 3.05) is 14.2 Å². The molecule has 1 aromatic rings. The maximum absolute atomic E-state index is 11.5. The Labute approximate surface area is 135 Å². The number of aromatic nitrogens is 2. The second-order valence-electron chi connectivity index (χ2n) is 2.76. The maximum atomic E-state index is 11.5. The van der Waals surface area contributed by atoms with Crippen LogP contribution in [0.5, 0.6) is 5.88 Å². The van der Waals surface area contributed by atoms with Gasteiger partial charge >= 0.3 is 5.97 Å². The molecule has 1 heterocycles. The van der Waals surface area contributed by atoms with E-state index in [1.165, 1.54) is 26.7 Å². The van der Waals surface area contributed by atoms with E-state index in [0.717, 1.165) is 0 Å². The Hall–Kier alpha value is -1.41. The number of carbonyl (C=O) groups is 1. The molecular weight excluding hydrogens is 329 g/mol. The molecule has 0 N–H and O–H groups in total. The topological polar surface area (TPSA) is 95.3 Å². The molecular formula is C10H11N4O4Y-. The third kappa shape index (κ3) is 5.00. The molecule has 0 unspecified atom stereocenters. The Bertz CT molecular complexity index is 478. The van der Waals surface area contributed by atoms with Crippen LogP contribution in [0.1, 0.15) is 12.5 Å². The maximum Gasteiger partial charge on any atom is 0.361 e. The predicted molar refractivity (Wildman–Crippen MR) is 61.3 cm³/mol. The van der Waals surface area contributed by atoms with Crippen LogP contribution in [-0.2, 0) is 47.1 Å². The van der Waals surface area contributed by atoms with Crippen molar-refractivity contribution in [3.63, 3.8) is 0 Å². The summed E-state index contributed by atoms with van der Waals surface area (Å²) < 4.78 is 4.57. The van der Waals surface area contributed by atoms with Crippen molar-refractivity contribution in [3.05, 3.63) is 18.1 Å². The van der Waals surface area contributed by atoms with Crippen LogP contribution < -0.4 is 4.84 Å². The summed E-state index contributed by atoms with van der Waals surface area (Å²) in [4.78, 5) is 28.6. The summed E-state index contributed by atoms with van der Waals surface area (Å²) >= 11 is 0. The van der Waals surface area contributed by atoms with Gasteiger partial charge in [0.1, 0.15) is 13.4 Å². The van der Waals surface area contributed by atoms with Gasteiger partial charge in [0.2, 0.25) is 5.71 Å². The summed E-state index contributed by atoms with van der Waals surface area (Å²) in [5.74, 6) is -0.665.